The van der Waals surface area contributed by atoms with Gasteiger partial charge in [0.05, 0.1) is 21.7 Å². The Kier molecular flexibility index (Phi) is 7.72. The van der Waals surface area contributed by atoms with Crippen LogP contribution in [0.4, 0.5) is 15.9 Å². The Morgan fingerprint density at radius 1 is 1.02 bits per heavy atom. The molecule has 0 saturated carbocycles. The third-order valence-electron chi connectivity index (χ3n) is 6.66. The van der Waals surface area contributed by atoms with Crippen LogP contribution in [-0.2, 0) is 11.3 Å². The molecule has 0 bridgehead atoms. The van der Waals surface area contributed by atoms with Gasteiger partial charge in [-0.3, -0.25) is 9.59 Å². The monoisotopic (exact) mass is 559 g/mol. The molecular formula is C31H31ClFN5O2. The second-order valence-corrected chi connectivity index (χ2v) is 11.6. The first kappa shape index (κ1) is 27.5. The summed E-state index contributed by atoms with van der Waals surface area (Å²) in [6.07, 6.45) is 1.46. The van der Waals surface area contributed by atoms with Crippen LogP contribution in [0.15, 0.2) is 60.7 Å². The maximum absolute atomic E-state index is 14.6. The maximum atomic E-state index is 14.6. The molecular weight excluding hydrogens is 529 g/mol. The van der Waals surface area contributed by atoms with Gasteiger partial charge in [0.2, 0.25) is 5.91 Å². The minimum atomic E-state index is -0.398. The Bertz CT molecular complexity index is 1600. The van der Waals surface area contributed by atoms with E-state index in [9.17, 15) is 14.0 Å². The van der Waals surface area contributed by atoms with Crippen molar-refractivity contribution in [3.8, 4) is 11.4 Å². The lowest BCUT2D eigenvalue weighted by atomic mass is 9.92. The number of nitrogens with zero attached hydrogens (tertiary/aromatic N) is 3. The Hall–Kier alpha value is -4.04. The summed E-state index contributed by atoms with van der Waals surface area (Å²) in [5.74, 6) is 0.194. The molecule has 0 aliphatic carbocycles. The summed E-state index contributed by atoms with van der Waals surface area (Å²) >= 11 is 6.37. The van der Waals surface area contributed by atoms with Crippen molar-refractivity contribution in [2.45, 2.75) is 40.2 Å². The standard InChI is InChI=1S/C31H31ClFN5O2/c1-31(2,3)17-27(39)34-18-19-9-12-24(32)23(15-19)30(40)35-20-10-11-22-26(16-20)36-28(21-7-4-5-8-25(21)33)37-29(22)38-13-6-14-38/h4-5,7-12,15-16H,6,13-14,17-18H2,1-3H3,(H,34,39)(H,35,40). The molecule has 2 heterocycles. The average molecular weight is 560 g/mol. The zero-order chi connectivity index (χ0) is 28.4. The van der Waals surface area contributed by atoms with E-state index in [0.29, 0.717) is 39.6 Å². The predicted molar refractivity (Wildman–Crippen MR) is 157 cm³/mol. The van der Waals surface area contributed by atoms with E-state index in [4.69, 9.17) is 16.6 Å². The normalized spacial score (nSPS) is 13.2. The Morgan fingerprint density at radius 3 is 2.50 bits per heavy atom. The van der Waals surface area contributed by atoms with Crippen LogP contribution in [0.2, 0.25) is 5.02 Å². The first-order chi connectivity index (χ1) is 19.1. The van der Waals surface area contributed by atoms with Crippen LogP contribution >= 0.6 is 11.6 Å². The van der Waals surface area contributed by atoms with E-state index < -0.39 is 11.7 Å². The number of aromatic nitrogens is 2. The zero-order valence-electron chi connectivity index (χ0n) is 22.7. The van der Waals surface area contributed by atoms with Crippen molar-refractivity contribution in [3.63, 3.8) is 0 Å². The molecule has 0 unspecified atom stereocenters. The molecule has 2 amide bonds. The van der Waals surface area contributed by atoms with Crippen LogP contribution in [0.5, 0.6) is 0 Å². The highest BCUT2D eigenvalue weighted by atomic mass is 35.5. The molecule has 4 aromatic rings. The molecule has 2 N–H and O–H groups in total. The number of carbonyl (C=O) groups is 2. The zero-order valence-corrected chi connectivity index (χ0v) is 23.5. The molecule has 0 spiro atoms. The summed E-state index contributed by atoms with van der Waals surface area (Å²) < 4.78 is 14.6. The van der Waals surface area contributed by atoms with Crippen LogP contribution in [0, 0.1) is 11.2 Å². The first-order valence-electron chi connectivity index (χ1n) is 13.3. The summed E-state index contributed by atoms with van der Waals surface area (Å²) in [6, 6.07) is 16.9. The highest BCUT2D eigenvalue weighted by Crippen LogP contribution is 2.32. The van der Waals surface area contributed by atoms with Gasteiger partial charge in [-0.05, 0) is 59.9 Å². The SMILES string of the molecule is CC(C)(C)CC(=O)NCc1ccc(Cl)c(C(=O)Nc2ccc3c(N4CCC4)nc(-c4ccccc4F)nc3c2)c1. The van der Waals surface area contributed by atoms with Crippen LogP contribution in [0.1, 0.15) is 49.5 Å². The molecule has 40 heavy (non-hydrogen) atoms. The highest BCUT2D eigenvalue weighted by molar-refractivity contribution is 6.34. The molecule has 5 rings (SSSR count). The van der Waals surface area contributed by atoms with Gasteiger partial charge in [0.1, 0.15) is 11.6 Å². The van der Waals surface area contributed by atoms with E-state index in [1.165, 1.54) is 6.07 Å². The summed E-state index contributed by atoms with van der Waals surface area (Å²) in [5.41, 5.74) is 2.36. The van der Waals surface area contributed by atoms with Crippen molar-refractivity contribution >= 4 is 45.8 Å². The number of rotatable bonds is 7. The van der Waals surface area contributed by atoms with Gasteiger partial charge in [-0.1, -0.05) is 50.6 Å². The Balaban J connectivity index is 1.40. The van der Waals surface area contributed by atoms with Crippen molar-refractivity contribution in [2.75, 3.05) is 23.3 Å². The van der Waals surface area contributed by atoms with Crippen LogP contribution < -0.4 is 15.5 Å². The maximum Gasteiger partial charge on any atom is 0.257 e. The number of nitrogens with one attached hydrogen (secondary N) is 2. The van der Waals surface area contributed by atoms with Gasteiger partial charge < -0.3 is 15.5 Å². The van der Waals surface area contributed by atoms with Crippen LogP contribution in [0.25, 0.3) is 22.3 Å². The molecule has 3 aromatic carbocycles. The molecule has 7 nitrogen and oxygen atoms in total. The van der Waals surface area contributed by atoms with Gasteiger partial charge in [-0.25, -0.2) is 14.4 Å². The molecule has 1 aliphatic heterocycles. The Morgan fingerprint density at radius 2 is 1.80 bits per heavy atom. The van der Waals surface area contributed by atoms with Crippen LogP contribution in [0.3, 0.4) is 0 Å². The second kappa shape index (κ2) is 11.2. The van der Waals surface area contributed by atoms with Gasteiger partial charge in [0, 0.05) is 37.1 Å². The van der Waals surface area contributed by atoms with E-state index in [1.807, 2.05) is 26.8 Å². The number of hydrogen-bond donors (Lipinski definition) is 2. The smallest absolute Gasteiger partial charge is 0.257 e. The van der Waals surface area contributed by atoms with E-state index in [0.717, 1.165) is 36.3 Å². The topological polar surface area (TPSA) is 87.2 Å². The van der Waals surface area contributed by atoms with E-state index in [1.54, 1.807) is 48.5 Å². The minimum absolute atomic E-state index is 0.0565. The lowest BCUT2D eigenvalue weighted by Gasteiger charge is -2.33. The minimum Gasteiger partial charge on any atom is -0.356 e. The summed E-state index contributed by atoms with van der Waals surface area (Å²) in [6.45, 7) is 8.03. The van der Waals surface area contributed by atoms with Crippen molar-refractivity contribution < 1.29 is 14.0 Å². The summed E-state index contributed by atoms with van der Waals surface area (Å²) in [4.78, 5) is 37.0. The quantitative estimate of drug-likeness (QED) is 0.266. The number of halogens is 2. The highest BCUT2D eigenvalue weighted by Gasteiger charge is 2.22. The van der Waals surface area contributed by atoms with E-state index in [-0.39, 0.29) is 17.9 Å². The van der Waals surface area contributed by atoms with Crippen molar-refractivity contribution in [1.29, 1.82) is 0 Å². The molecule has 1 saturated heterocycles. The molecule has 1 fully saturated rings. The Labute approximate surface area is 237 Å². The fourth-order valence-corrected chi connectivity index (χ4v) is 4.73. The van der Waals surface area contributed by atoms with E-state index >= 15 is 0 Å². The van der Waals surface area contributed by atoms with Crippen LogP contribution in [-0.4, -0.2) is 34.9 Å². The number of carbonyl (C=O) groups excluding carboxylic acids is 2. The third kappa shape index (κ3) is 6.23. The number of benzene rings is 3. The lowest BCUT2D eigenvalue weighted by Crippen LogP contribution is -2.37. The van der Waals surface area contributed by atoms with Gasteiger partial charge in [-0.15, -0.1) is 0 Å². The fraction of sp³-hybridized carbons (Fsp3) is 0.290. The number of fused-ring (bicyclic) bond motifs is 1. The molecule has 1 aromatic heterocycles. The summed E-state index contributed by atoms with van der Waals surface area (Å²) in [7, 11) is 0. The number of amides is 2. The van der Waals surface area contributed by atoms with Crippen molar-refractivity contribution in [2.24, 2.45) is 5.41 Å². The number of anilines is 2. The molecule has 0 radical (unpaired) electrons. The van der Waals surface area contributed by atoms with Gasteiger partial charge in [-0.2, -0.15) is 0 Å². The van der Waals surface area contributed by atoms with Crippen molar-refractivity contribution in [1.82, 2.24) is 15.3 Å². The van der Waals surface area contributed by atoms with Gasteiger partial charge in [0.25, 0.3) is 5.91 Å². The first-order valence-corrected chi connectivity index (χ1v) is 13.6. The molecule has 9 heteroatoms. The van der Waals surface area contributed by atoms with Gasteiger partial charge >= 0.3 is 0 Å². The average Bonchev–Trinajstić information content (AvgIpc) is 2.86. The van der Waals surface area contributed by atoms with E-state index in [2.05, 4.69) is 20.5 Å². The molecule has 1 aliphatic rings. The van der Waals surface area contributed by atoms with Gasteiger partial charge in [0.15, 0.2) is 5.82 Å². The second-order valence-electron chi connectivity index (χ2n) is 11.2. The summed E-state index contributed by atoms with van der Waals surface area (Å²) in [5, 5.41) is 6.92. The van der Waals surface area contributed by atoms with Crippen molar-refractivity contribution in [3.05, 3.63) is 82.6 Å². The number of hydrogen-bond acceptors (Lipinski definition) is 5. The predicted octanol–water partition coefficient (Wildman–Crippen LogP) is 6.60. The lowest BCUT2D eigenvalue weighted by molar-refractivity contribution is -0.122. The molecule has 0 atom stereocenters. The molecule has 206 valence electrons. The largest absolute Gasteiger partial charge is 0.356 e. The third-order valence-corrected chi connectivity index (χ3v) is 6.99. The fourth-order valence-electron chi connectivity index (χ4n) is 4.52.